The van der Waals surface area contributed by atoms with Gasteiger partial charge in [-0.25, -0.2) is 4.98 Å². The highest BCUT2D eigenvalue weighted by Gasteiger charge is 2.36. The maximum absolute atomic E-state index is 4.47. The topological polar surface area (TPSA) is 37.0 Å². The molecule has 2 heterocycles. The maximum Gasteiger partial charge on any atom is 0.109 e. The van der Waals surface area contributed by atoms with Gasteiger partial charge in [-0.2, -0.15) is 0 Å². The van der Waals surface area contributed by atoms with Gasteiger partial charge in [0.2, 0.25) is 0 Å². The van der Waals surface area contributed by atoms with Gasteiger partial charge in [-0.05, 0) is 38.1 Å². The van der Waals surface area contributed by atoms with Crippen LogP contribution in [0.1, 0.15) is 43.1 Å². The van der Waals surface area contributed by atoms with Gasteiger partial charge in [-0.15, -0.1) is 11.3 Å². The highest BCUT2D eigenvalue weighted by Crippen LogP contribution is 2.34. The largest absolute Gasteiger partial charge is 0.316 e. The van der Waals surface area contributed by atoms with E-state index in [4.69, 9.17) is 0 Å². The van der Waals surface area contributed by atoms with Gasteiger partial charge in [0.05, 0.1) is 6.04 Å². The fourth-order valence-corrected chi connectivity index (χ4v) is 3.43. The number of nitrogens with zero attached hydrogens (tertiary/aromatic N) is 1. The molecule has 2 rings (SSSR count). The lowest BCUT2D eigenvalue weighted by Gasteiger charge is -2.34. The summed E-state index contributed by atoms with van der Waals surface area (Å²) in [6, 6.07) is 0.361. The van der Waals surface area contributed by atoms with E-state index < -0.39 is 0 Å². The smallest absolute Gasteiger partial charge is 0.109 e. The molecule has 0 bridgehead atoms. The summed E-state index contributed by atoms with van der Waals surface area (Å²) in [6.45, 7) is 12.4. The summed E-state index contributed by atoms with van der Waals surface area (Å²) in [5.74, 6) is 0.713. The Balaban J connectivity index is 1.94. The number of aromatic nitrogens is 1. The van der Waals surface area contributed by atoms with E-state index in [1.54, 1.807) is 11.3 Å². The number of nitrogens with one attached hydrogen (secondary N) is 2. The van der Waals surface area contributed by atoms with Crippen LogP contribution in [0.5, 0.6) is 0 Å². The van der Waals surface area contributed by atoms with E-state index in [-0.39, 0.29) is 0 Å². The SMILES string of the molecule is Cc1cnc(C(C)NCC2(C(C)C)CCNC2)s1. The third-order valence-electron chi connectivity index (χ3n) is 4.27. The molecular weight excluding hydrogens is 242 g/mol. The molecule has 4 heteroatoms. The minimum atomic E-state index is 0.361. The molecule has 1 aromatic rings. The van der Waals surface area contributed by atoms with Crippen molar-refractivity contribution in [2.24, 2.45) is 11.3 Å². The van der Waals surface area contributed by atoms with Gasteiger partial charge < -0.3 is 10.6 Å². The Morgan fingerprint density at radius 1 is 1.50 bits per heavy atom. The van der Waals surface area contributed by atoms with Crippen LogP contribution in [0.2, 0.25) is 0 Å². The fourth-order valence-electron chi connectivity index (χ4n) is 2.63. The van der Waals surface area contributed by atoms with Gasteiger partial charge in [0.15, 0.2) is 0 Å². The first-order chi connectivity index (χ1) is 8.53. The zero-order valence-corrected chi connectivity index (χ0v) is 12.7. The van der Waals surface area contributed by atoms with E-state index in [2.05, 4.69) is 43.3 Å². The summed E-state index contributed by atoms with van der Waals surface area (Å²) in [5.41, 5.74) is 0.417. The summed E-state index contributed by atoms with van der Waals surface area (Å²) in [7, 11) is 0. The van der Waals surface area contributed by atoms with E-state index in [1.807, 2.05) is 6.20 Å². The molecule has 0 aliphatic carbocycles. The first-order valence-electron chi connectivity index (χ1n) is 6.90. The molecule has 1 aromatic heterocycles. The summed E-state index contributed by atoms with van der Waals surface area (Å²) < 4.78 is 0. The molecule has 0 saturated carbocycles. The number of aryl methyl sites for hydroxylation is 1. The standard InChI is InChI=1S/C14H25N3S/c1-10(2)14(5-6-15-8-14)9-17-12(4)13-16-7-11(3)18-13/h7,10,12,15,17H,5-6,8-9H2,1-4H3. The third-order valence-corrected chi connectivity index (χ3v) is 5.37. The molecule has 0 amide bonds. The van der Waals surface area contributed by atoms with Gasteiger partial charge in [-0.1, -0.05) is 13.8 Å². The van der Waals surface area contributed by atoms with Crippen molar-refractivity contribution in [2.75, 3.05) is 19.6 Å². The summed E-state index contributed by atoms with van der Waals surface area (Å²) >= 11 is 1.80. The minimum absolute atomic E-state index is 0.361. The zero-order valence-electron chi connectivity index (χ0n) is 11.9. The van der Waals surface area contributed by atoms with E-state index >= 15 is 0 Å². The van der Waals surface area contributed by atoms with E-state index in [9.17, 15) is 0 Å². The molecule has 2 N–H and O–H groups in total. The van der Waals surface area contributed by atoms with Crippen molar-refractivity contribution in [2.45, 2.75) is 40.2 Å². The van der Waals surface area contributed by atoms with Crippen LogP contribution in [0.15, 0.2) is 6.20 Å². The van der Waals surface area contributed by atoms with Crippen LogP contribution < -0.4 is 10.6 Å². The average molecular weight is 267 g/mol. The van der Waals surface area contributed by atoms with Crippen LogP contribution in [-0.4, -0.2) is 24.6 Å². The van der Waals surface area contributed by atoms with Gasteiger partial charge in [0.25, 0.3) is 0 Å². The molecule has 0 spiro atoms. The fraction of sp³-hybridized carbons (Fsp3) is 0.786. The van der Waals surface area contributed by atoms with Crippen LogP contribution in [0, 0.1) is 18.3 Å². The van der Waals surface area contributed by atoms with Gasteiger partial charge in [-0.3, -0.25) is 0 Å². The number of thiazole rings is 1. The van der Waals surface area contributed by atoms with Crippen molar-refractivity contribution in [1.29, 1.82) is 0 Å². The molecule has 1 aliphatic heterocycles. The second-order valence-electron chi connectivity index (χ2n) is 5.86. The number of hydrogen-bond donors (Lipinski definition) is 2. The molecule has 3 nitrogen and oxygen atoms in total. The van der Waals surface area contributed by atoms with Crippen LogP contribution in [-0.2, 0) is 0 Å². The lowest BCUT2D eigenvalue weighted by molar-refractivity contribution is 0.202. The first-order valence-corrected chi connectivity index (χ1v) is 7.71. The van der Waals surface area contributed by atoms with Crippen molar-refractivity contribution in [3.05, 3.63) is 16.1 Å². The Hall–Kier alpha value is -0.450. The van der Waals surface area contributed by atoms with Crippen LogP contribution in [0.25, 0.3) is 0 Å². The van der Waals surface area contributed by atoms with Crippen LogP contribution in [0.3, 0.4) is 0 Å². The predicted molar refractivity (Wildman–Crippen MR) is 78.0 cm³/mol. The average Bonchev–Trinajstić information content (AvgIpc) is 2.95. The normalized spacial score (nSPS) is 25.8. The predicted octanol–water partition coefficient (Wildman–Crippen LogP) is 2.74. The molecule has 102 valence electrons. The second-order valence-corrected chi connectivity index (χ2v) is 7.12. The Labute approximate surface area is 114 Å². The molecule has 1 saturated heterocycles. The third kappa shape index (κ3) is 2.92. The molecule has 1 aliphatic rings. The van der Waals surface area contributed by atoms with E-state index in [0.717, 1.165) is 19.6 Å². The van der Waals surface area contributed by atoms with Gasteiger partial charge >= 0.3 is 0 Å². The molecule has 18 heavy (non-hydrogen) atoms. The monoisotopic (exact) mass is 267 g/mol. The van der Waals surface area contributed by atoms with E-state index in [0.29, 0.717) is 17.4 Å². The molecule has 2 unspecified atom stereocenters. The molecule has 0 aromatic carbocycles. The lowest BCUT2D eigenvalue weighted by atomic mass is 9.76. The minimum Gasteiger partial charge on any atom is -0.316 e. The van der Waals surface area contributed by atoms with Crippen LogP contribution in [0.4, 0.5) is 0 Å². The lowest BCUT2D eigenvalue weighted by Crippen LogP contribution is -2.41. The Kier molecular flexibility index (Phi) is 4.41. The number of rotatable bonds is 5. The number of hydrogen-bond acceptors (Lipinski definition) is 4. The summed E-state index contributed by atoms with van der Waals surface area (Å²) in [4.78, 5) is 5.76. The highest BCUT2D eigenvalue weighted by atomic mass is 32.1. The molecule has 0 radical (unpaired) electrons. The quantitative estimate of drug-likeness (QED) is 0.861. The van der Waals surface area contributed by atoms with E-state index in [1.165, 1.54) is 16.3 Å². The highest BCUT2D eigenvalue weighted by molar-refractivity contribution is 7.11. The van der Waals surface area contributed by atoms with Crippen LogP contribution >= 0.6 is 11.3 Å². The first kappa shape index (κ1) is 14.0. The second kappa shape index (κ2) is 5.68. The van der Waals surface area contributed by atoms with Crippen molar-refractivity contribution >= 4 is 11.3 Å². The Morgan fingerprint density at radius 3 is 2.78 bits per heavy atom. The zero-order chi connectivity index (χ0) is 13.2. The maximum atomic E-state index is 4.47. The summed E-state index contributed by atoms with van der Waals surface area (Å²) in [6.07, 6.45) is 3.24. The van der Waals surface area contributed by atoms with Crippen molar-refractivity contribution in [3.8, 4) is 0 Å². The Bertz CT molecular complexity index is 380. The van der Waals surface area contributed by atoms with Crippen molar-refractivity contribution < 1.29 is 0 Å². The molecular formula is C14H25N3S. The molecule has 2 atom stereocenters. The van der Waals surface area contributed by atoms with Crippen molar-refractivity contribution in [3.63, 3.8) is 0 Å². The van der Waals surface area contributed by atoms with Gasteiger partial charge in [0, 0.05) is 24.2 Å². The Morgan fingerprint density at radius 2 is 2.28 bits per heavy atom. The summed E-state index contributed by atoms with van der Waals surface area (Å²) in [5, 5.41) is 8.40. The van der Waals surface area contributed by atoms with Crippen molar-refractivity contribution in [1.82, 2.24) is 15.6 Å². The molecule has 1 fully saturated rings. The van der Waals surface area contributed by atoms with Gasteiger partial charge in [0.1, 0.15) is 5.01 Å².